The van der Waals surface area contributed by atoms with Gasteiger partial charge in [0.05, 0.1) is 20.8 Å². The number of hydrogen-bond donors (Lipinski definition) is 0. The van der Waals surface area contributed by atoms with Gasteiger partial charge in [0.2, 0.25) is 0 Å². The van der Waals surface area contributed by atoms with Gasteiger partial charge in [-0.15, -0.1) is 29.7 Å². The topological polar surface area (TPSA) is 35.9 Å². The van der Waals surface area contributed by atoms with Crippen LogP contribution in [0.3, 0.4) is 0 Å². The van der Waals surface area contributed by atoms with E-state index in [4.69, 9.17) is 17.9 Å². The first-order valence-corrected chi connectivity index (χ1v) is 30.3. The summed E-state index contributed by atoms with van der Waals surface area (Å²) in [4.78, 5) is 4.88. The third kappa shape index (κ3) is 10.5. The molecule has 0 radical (unpaired) electrons. The first-order valence-electron chi connectivity index (χ1n) is 39.8. The zero-order chi connectivity index (χ0) is 78.7. The zero-order valence-corrected chi connectivity index (χ0v) is 54.9. The Balaban J connectivity index is 0.0000105. The Labute approximate surface area is 574 Å². The van der Waals surface area contributed by atoms with Crippen molar-refractivity contribution in [3.63, 3.8) is 0 Å². The smallest absolute Gasteiger partial charge is 0.268 e. The van der Waals surface area contributed by atoms with Gasteiger partial charge in [-0.3, -0.25) is 4.57 Å². The first kappa shape index (κ1) is 42.0. The van der Waals surface area contributed by atoms with Gasteiger partial charge in [0.15, 0.2) is 0 Å². The van der Waals surface area contributed by atoms with Crippen LogP contribution in [0.2, 0.25) is 0 Å². The minimum absolute atomic E-state index is 0. The number of rotatable bonds is 6. The van der Waals surface area contributed by atoms with Gasteiger partial charge in [0.25, 0.3) is 6.33 Å². The van der Waals surface area contributed by atoms with Crippen LogP contribution in [-0.2, 0) is 53.6 Å². The second-order valence-electron chi connectivity index (χ2n) is 28.1. The quantitative estimate of drug-likeness (QED) is 0.123. The summed E-state index contributed by atoms with van der Waals surface area (Å²) in [6.45, 7) is 8.93. The molecular weight excluding hydrogens is 1280 g/mol. The predicted octanol–water partition coefficient (Wildman–Crippen LogP) is 21.8. The molecule has 0 saturated carbocycles. The molecule has 0 bridgehead atoms. The molecule has 9 aromatic carbocycles. The van der Waals surface area contributed by atoms with E-state index >= 15 is 0 Å². The summed E-state index contributed by atoms with van der Waals surface area (Å²) >= 11 is 0. The number of para-hydroxylation sites is 1. The summed E-state index contributed by atoms with van der Waals surface area (Å²) in [6.07, 6.45) is -3.46. The SMILES string of the molecule is [2H]c1c([2H])c2c(c([2H])c1-c1cc3c4c(c1)n(-c1[c-]c(Oc5[c-]c6c(cc5)c5ccccc5n6-c5cc(C(C)(C)C)ccn5)ccc1)[c-][n+]4-c1c(-c4cc(C(C)(C)C)cc(C(C)(C)C)c4)cc(C(C)(C)C)cc1-c1ccccc1-c1ccccc1-3)C(C([2H])([2H])[2H])(C([2H])([2H])[2H])C([2H])([2H])C([2H])([2H])C2(C([2H])([2H])[2H])C([2H])([2H])[2H].[Pt]. The molecule has 6 heteroatoms. The summed E-state index contributed by atoms with van der Waals surface area (Å²) in [6, 6.07) is 54.2. The number of hydrogen-bond acceptors (Lipinski definition) is 2. The summed E-state index contributed by atoms with van der Waals surface area (Å²) in [5.74, 6) is 1.21. The van der Waals surface area contributed by atoms with Gasteiger partial charge in [-0.2, -0.15) is 18.2 Å². The summed E-state index contributed by atoms with van der Waals surface area (Å²) in [5, 5.41) is 1.87. The predicted molar refractivity (Wildman–Crippen MR) is 371 cm³/mol. The van der Waals surface area contributed by atoms with Crippen molar-refractivity contribution < 1.29 is 56.4 Å². The van der Waals surface area contributed by atoms with Crippen molar-refractivity contribution in [2.24, 2.45) is 0 Å². The van der Waals surface area contributed by atoms with Crippen molar-refractivity contribution in [2.45, 2.75) is 156 Å². The van der Waals surface area contributed by atoms with E-state index in [1.807, 2.05) is 89.5 Å². The zero-order valence-electron chi connectivity index (χ0n) is 71.6. The molecule has 2 aliphatic rings. The third-order valence-electron chi connectivity index (χ3n) is 17.6. The van der Waals surface area contributed by atoms with Crippen LogP contribution < -0.4 is 9.30 Å². The van der Waals surface area contributed by atoms with Gasteiger partial charge in [-0.1, -0.05) is 237 Å². The second kappa shape index (κ2) is 21.5. The fourth-order valence-electron chi connectivity index (χ4n) is 12.6. The number of pyridine rings is 1. The number of benzene rings is 9. The number of aromatic nitrogens is 4. The summed E-state index contributed by atoms with van der Waals surface area (Å²) < 4.78 is 191. The van der Waals surface area contributed by atoms with E-state index in [1.165, 1.54) is 6.07 Å². The Bertz CT molecular complexity index is 5670. The molecular formula is C84H82N4OPt-2. The number of nitrogens with zero attached hydrogens (tertiary/aromatic N) is 4. The first-order chi connectivity index (χ1) is 49.9. The molecule has 4 heterocycles. The maximum atomic E-state index is 10.5. The van der Waals surface area contributed by atoms with Gasteiger partial charge in [-0.05, 0) is 170 Å². The van der Waals surface area contributed by atoms with E-state index in [0.717, 1.165) is 66.4 Å². The van der Waals surface area contributed by atoms with Crippen molar-refractivity contribution in [2.75, 3.05) is 0 Å². The van der Waals surface area contributed by atoms with Crippen molar-refractivity contribution in [1.82, 2.24) is 14.1 Å². The molecule has 0 saturated heterocycles. The number of imidazole rings is 1. The van der Waals surface area contributed by atoms with E-state index in [2.05, 4.69) is 149 Å². The molecule has 3 aromatic heterocycles. The molecule has 90 heavy (non-hydrogen) atoms. The molecule has 14 rings (SSSR count). The molecule has 0 unspecified atom stereocenters. The van der Waals surface area contributed by atoms with Crippen LogP contribution in [0.1, 0.15) is 183 Å². The van der Waals surface area contributed by atoms with Gasteiger partial charge >= 0.3 is 0 Å². The maximum Gasteiger partial charge on any atom is 0.268 e. The van der Waals surface area contributed by atoms with Crippen LogP contribution in [0.5, 0.6) is 11.5 Å². The fraction of sp³-hybridized carbons (Fsp3) is 0.286. The second-order valence-corrected chi connectivity index (χ2v) is 28.1. The van der Waals surface area contributed by atoms with Gasteiger partial charge in [0.1, 0.15) is 5.82 Å². The molecule has 456 valence electrons. The van der Waals surface area contributed by atoms with Crippen LogP contribution in [-0.4, -0.2) is 14.1 Å². The van der Waals surface area contributed by atoms with E-state index in [0.29, 0.717) is 50.7 Å². The van der Waals surface area contributed by atoms with E-state index in [9.17, 15) is 17.8 Å². The monoisotopic (exact) mass is 1380 g/mol. The number of ether oxygens (including phenoxy) is 1. The minimum Gasteiger partial charge on any atom is -0.510 e. The summed E-state index contributed by atoms with van der Waals surface area (Å²) in [5.41, 5.74) is -0.892. The molecule has 0 spiro atoms. The van der Waals surface area contributed by atoms with E-state index in [1.54, 1.807) is 35.0 Å². The largest absolute Gasteiger partial charge is 0.510 e. The average molecular weight is 1380 g/mol. The van der Waals surface area contributed by atoms with E-state index < -0.39 is 91.2 Å². The van der Waals surface area contributed by atoms with Crippen molar-refractivity contribution >= 4 is 32.8 Å². The fourth-order valence-corrected chi connectivity index (χ4v) is 12.6. The Kier molecular flexibility index (Phi) is 10.1. The molecule has 5 nitrogen and oxygen atoms in total. The Hall–Kier alpha value is -8.11. The van der Waals surface area contributed by atoms with E-state index in [-0.39, 0.29) is 54.1 Å². The summed E-state index contributed by atoms with van der Waals surface area (Å²) in [7, 11) is 0. The van der Waals surface area contributed by atoms with Crippen LogP contribution in [0, 0.1) is 18.5 Å². The van der Waals surface area contributed by atoms with Crippen molar-refractivity contribution in [3.05, 3.63) is 234 Å². The minimum atomic E-state index is -4.54. The molecule has 12 aromatic rings. The van der Waals surface area contributed by atoms with Gasteiger partial charge in [-0.25, -0.2) is 4.98 Å². The van der Waals surface area contributed by atoms with Crippen LogP contribution in [0.15, 0.2) is 182 Å². The average Bonchev–Trinajstić information content (AvgIpc) is 1.10. The molecule has 0 N–H and O–H groups in total. The Morgan fingerprint density at radius 1 is 0.511 bits per heavy atom. The van der Waals surface area contributed by atoms with Gasteiger partial charge < -0.3 is 13.9 Å². The third-order valence-corrected chi connectivity index (χ3v) is 17.6. The normalized spacial score (nSPS) is 19.2. The standard InChI is InChI=1S/C84H82N4O.Pt/c1-79(2,3)55-36-39-85-76(48-55)88-73-31-22-21-30-66(73)67-34-33-61(50-74(67)88)89-60-25-23-24-59(49-60)86-51-87-77-68(54-40-56(80(4,5)6)45-57(41-54)81(7,8)9)46-58(82(10,11)12)47-70(77)65-29-20-18-27-63(65)62-26-17-19-28-64(62)69-42-53(44-75(86)78(69)87)52-32-35-71-72(43-52)84(15,16)38-37-83(71,13)14;/h17-36,39-48H,37-38H2,1-16H3;/q-2;/i13D3,14D3,15D3,16D3,32D,35D,37D2,38D2,43D;. The molecule has 1 aliphatic carbocycles. The van der Waals surface area contributed by atoms with Crippen LogP contribution in [0.4, 0.5) is 0 Å². The van der Waals surface area contributed by atoms with Crippen molar-refractivity contribution in [3.8, 4) is 84.3 Å². The molecule has 0 amide bonds. The van der Waals surface area contributed by atoms with Crippen molar-refractivity contribution in [1.29, 1.82) is 0 Å². The molecule has 0 fully saturated rings. The molecule has 0 atom stereocenters. The molecule has 1 aliphatic heterocycles. The number of fused-ring (bicyclic) bond motifs is 11. The maximum absolute atomic E-state index is 10.5. The van der Waals surface area contributed by atoms with Crippen LogP contribution in [0.25, 0.3) is 106 Å². The Morgan fingerprint density at radius 3 is 1.76 bits per heavy atom. The van der Waals surface area contributed by atoms with Gasteiger partial charge in [0, 0.05) is 66.2 Å². The Morgan fingerprint density at radius 2 is 1.10 bits per heavy atom. The van der Waals surface area contributed by atoms with Crippen LogP contribution >= 0.6 is 0 Å².